The summed E-state index contributed by atoms with van der Waals surface area (Å²) in [5, 5.41) is 8.51. The first kappa shape index (κ1) is 13.9. The minimum atomic E-state index is 0.0111. The van der Waals surface area contributed by atoms with Crippen LogP contribution in [-0.4, -0.2) is 30.4 Å². The maximum absolute atomic E-state index is 11.6. The van der Waals surface area contributed by atoms with Crippen LogP contribution in [0.3, 0.4) is 0 Å². The second-order valence-electron chi connectivity index (χ2n) is 3.82. The monoisotopic (exact) mass is 211 g/mol. The summed E-state index contributed by atoms with van der Waals surface area (Å²) in [5.74, 6) is 0.120. The number of hydrogen-bond donors (Lipinski definition) is 1. The van der Waals surface area contributed by atoms with Gasteiger partial charge in [-0.05, 0) is 26.3 Å². The molecule has 0 aliphatic rings. The average molecular weight is 211 g/mol. The molecule has 0 radical (unpaired) electrons. The lowest BCUT2D eigenvalue weighted by atomic mass is 10.1. The first-order valence-corrected chi connectivity index (χ1v) is 5.46. The minimum absolute atomic E-state index is 0.0111. The summed E-state index contributed by atoms with van der Waals surface area (Å²) in [6, 6.07) is 2.08. The van der Waals surface area contributed by atoms with E-state index in [-0.39, 0.29) is 11.9 Å². The molecule has 2 N–H and O–H groups in total. The first-order valence-electron chi connectivity index (χ1n) is 5.46. The van der Waals surface area contributed by atoms with Crippen molar-refractivity contribution >= 4 is 5.91 Å². The standard InChI is InChI=1S/C11H21N3O/c1-10(7-9-13)14(2)11(15)6-4-3-5-8-12/h10H,3-8,12H2,1-2H3. The molecule has 0 aliphatic heterocycles. The molecule has 0 aromatic carbocycles. The molecule has 0 aromatic heterocycles. The van der Waals surface area contributed by atoms with Crippen molar-refractivity contribution < 1.29 is 4.79 Å². The number of nitriles is 1. The van der Waals surface area contributed by atoms with Crippen LogP contribution < -0.4 is 5.73 Å². The molecule has 0 spiro atoms. The molecular weight excluding hydrogens is 190 g/mol. The summed E-state index contributed by atoms with van der Waals surface area (Å²) < 4.78 is 0. The third-order valence-electron chi connectivity index (χ3n) is 2.54. The minimum Gasteiger partial charge on any atom is -0.342 e. The van der Waals surface area contributed by atoms with Crippen molar-refractivity contribution in [2.24, 2.45) is 5.73 Å². The molecule has 1 atom stereocenters. The Hall–Kier alpha value is -1.08. The van der Waals surface area contributed by atoms with Crippen LogP contribution in [0.2, 0.25) is 0 Å². The van der Waals surface area contributed by atoms with Gasteiger partial charge in [0, 0.05) is 19.5 Å². The van der Waals surface area contributed by atoms with E-state index >= 15 is 0 Å². The number of unbranched alkanes of at least 4 members (excludes halogenated alkanes) is 2. The number of nitrogens with zero attached hydrogens (tertiary/aromatic N) is 2. The molecule has 1 unspecified atom stereocenters. The van der Waals surface area contributed by atoms with Crippen LogP contribution >= 0.6 is 0 Å². The fraction of sp³-hybridized carbons (Fsp3) is 0.818. The van der Waals surface area contributed by atoms with E-state index in [1.165, 1.54) is 0 Å². The number of nitrogens with two attached hydrogens (primary N) is 1. The molecule has 1 amide bonds. The third kappa shape index (κ3) is 6.08. The Balaban J connectivity index is 3.74. The van der Waals surface area contributed by atoms with E-state index in [9.17, 15) is 4.79 Å². The summed E-state index contributed by atoms with van der Waals surface area (Å²) in [6.45, 7) is 2.58. The van der Waals surface area contributed by atoms with Gasteiger partial charge in [0.05, 0.1) is 12.5 Å². The van der Waals surface area contributed by atoms with E-state index in [2.05, 4.69) is 6.07 Å². The van der Waals surface area contributed by atoms with Gasteiger partial charge >= 0.3 is 0 Å². The van der Waals surface area contributed by atoms with Crippen molar-refractivity contribution in [3.05, 3.63) is 0 Å². The fourth-order valence-electron chi connectivity index (χ4n) is 1.29. The van der Waals surface area contributed by atoms with Crippen LogP contribution in [0, 0.1) is 11.3 Å². The van der Waals surface area contributed by atoms with E-state index in [1.807, 2.05) is 6.92 Å². The molecule has 0 aliphatic carbocycles. The smallest absolute Gasteiger partial charge is 0.222 e. The van der Waals surface area contributed by atoms with Crippen LogP contribution in [-0.2, 0) is 4.79 Å². The van der Waals surface area contributed by atoms with Crippen molar-refractivity contribution in [3.63, 3.8) is 0 Å². The molecule has 0 rings (SSSR count). The van der Waals surface area contributed by atoms with Crippen LogP contribution in [0.1, 0.15) is 39.0 Å². The Labute approximate surface area is 92.0 Å². The van der Waals surface area contributed by atoms with E-state index in [0.29, 0.717) is 19.4 Å². The summed E-state index contributed by atoms with van der Waals surface area (Å²) in [7, 11) is 1.76. The lowest BCUT2D eigenvalue weighted by Crippen LogP contribution is -2.34. The first-order chi connectivity index (χ1) is 7.13. The number of carbonyl (C=O) groups excluding carboxylic acids is 1. The molecule has 4 nitrogen and oxygen atoms in total. The summed E-state index contributed by atoms with van der Waals surface area (Å²) >= 11 is 0. The number of amides is 1. The molecule has 0 heterocycles. The summed E-state index contributed by atoms with van der Waals surface area (Å²) in [6.07, 6.45) is 3.82. The van der Waals surface area contributed by atoms with E-state index in [0.717, 1.165) is 19.3 Å². The van der Waals surface area contributed by atoms with Crippen molar-refractivity contribution in [1.29, 1.82) is 5.26 Å². The predicted octanol–water partition coefficient (Wildman–Crippen LogP) is 1.27. The molecule has 0 aromatic rings. The summed E-state index contributed by atoms with van der Waals surface area (Å²) in [5.41, 5.74) is 5.36. The van der Waals surface area contributed by atoms with Gasteiger partial charge in [0.1, 0.15) is 0 Å². The van der Waals surface area contributed by atoms with Crippen molar-refractivity contribution in [1.82, 2.24) is 4.90 Å². The molecule has 15 heavy (non-hydrogen) atoms. The largest absolute Gasteiger partial charge is 0.342 e. The van der Waals surface area contributed by atoms with Gasteiger partial charge in [-0.2, -0.15) is 5.26 Å². The van der Waals surface area contributed by atoms with Crippen LogP contribution in [0.15, 0.2) is 0 Å². The maximum atomic E-state index is 11.6. The zero-order chi connectivity index (χ0) is 11.7. The fourth-order valence-corrected chi connectivity index (χ4v) is 1.29. The van der Waals surface area contributed by atoms with Crippen LogP contribution in [0.5, 0.6) is 0 Å². The van der Waals surface area contributed by atoms with Gasteiger partial charge in [0.25, 0.3) is 0 Å². The lowest BCUT2D eigenvalue weighted by Gasteiger charge is -2.22. The van der Waals surface area contributed by atoms with Gasteiger partial charge in [-0.3, -0.25) is 4.79 Å². The Morgan fingerprint density at radius 3 is 2.67 bits per heavy atom. The lowest BCUT2D eigenvalue weighted by molar-refractivity contribution is -0.131. The van der Waals surface area contributed by atoms with Crippen molar-refractivity contribution in [2.75, 3.05) is 13.6 Å². The second kappa shape index (κ2) is 8.25. The molecular formula is C11H21N3O. The van der Waals surface area contributed by atoms with Gasteiger partial charge in [0.2, 0.25) is 5.91 Å². The Kier molecular flexibility index (Phi) is 7.65. The molecule has 0 fully saturated rings. The zero-order valence-electron chi connectivity index (χ0n) is 9.70. The number of hydrogen-bond acceptors (Lipinski definition) is 3. The van der Waals surface area contributed by atoms with Crippen molar-refractivity contribution in [2.45, 2.75) is 45.1 Å². The molecule has 86 valence electrons. The van der Waals surface area contributed by atoms with Gasteiger partial charge in [-0.25, -0.2) is 0 Å². The van der Waals surface area contributed by atoms with Crippen molar-refractivity contribution in [3.8, 4) is 6.07 Å². The number of carbonyl (C=O) groups is 1. The highest BCUT2D eigenvalue weighted by Gasteiger charge is 2.14. The van der Waals surface area contributed by atoms with Gasteiger partial charge in [-0.15, -0.1) is 0 Å². The normalized spacial score (nSPS) is 11.9. The van der Waals surface area contributed by atoms with Crippen LogP contribution in [0.25, 0.3) is 0 Å². The van der Waals surface area contributed by atoms with E-state index in [1.54, 1.807) is 11.9 Å². The zero-order valence-corrected chi connectivity index (χ0v) is 9.70. The maximum Gasteiger partial charge on any atom is 0.222 e. The number of rotatable bonds is 7. The van der Waals surface area contributed by atoms with E-state index < -0.39 is 0 Å². The second-order valence-corrected chi connectivity index (χ2v) is 3.82. The highest BCUT2D eigenvalue weighted by atomic mass is 16.2. The van der Waals surface area contributed by atoms with Gasteiger partial charge < -0.3 is 10.6 Å². The quantitative estimate of drug-likeness (QED) is 0.645. The Morgan fingerprint density at radius 2 is 2.13 bits per heavy atom. The molecule has 4 heteroatoms. The Bertz CT molecular complexity index is 222. The highest BCUT2D eigenvalue weighted by Crippen LogP contribution is 2.06. The highest BCUT2D eigenvalue weighted by molar-refractivity contribution is 5.76. The molecule has 0 saturated carbocycles. The molecule has 0 saturated heterocycles. The van der Waals surface area contributed by atoms with E-state index in [4.69, 9.17) is 11.0 Å². The Morgan fingerprint density at radius 1 is 1.47 bits per heavy atom. The summed E-state index contributed by atoms with van der Waals surface area (Å²) in [4.78, 5) is 13.3. The third-order valence-corrected chi connectivity index (χ3v) is 2.54. The molecule has 0 bridgehead atoms. The predicted molar refractivity (Wildman–Crippen MR) is 60.0 cm³/mol. The topological polar surface area (TPSA) is 70.1 Å². The van der Waals surface area contributed by atoms with Gasteiger partial charge in [0.15, 0.2) is 0 Å². The van der Waals surface area contributed by atoms with Gasteiger partial charge in [-0.1, -0.05) is 6.42 Å². The van der Waals surface area contributed by atoms with Crippen LogP contribution in [0.4, 0.5) is 0 Å². The SMILES string of the molecule is CC(CC#N)N(C)C(=O)CCCCCN. The average Bonchev–Trinajstić information content (AvgIpc) is 2.23.